The molecule has 1 aromatic heterocycles. The molecular weight excluding hydrogens is 306 g/mol. The van der Waals surface area contributed by atoms with Crippen molar-refractivity contribution >= 4 is 11.3 Å². The number of aromatic nitrogens is 2. The van der Waals surface area contributed by atoms with E-state index >= 15 is 0 Å². The molecule has 114 valence electrons. The fourth-order valence-corrected chi connectivity index (χ4v) is 2.70. The second-order valence-electron chi connectivity index (χ2n) is 4.27. The van der Waals surface area contributed by atoms with Crippen LogP contribution >= 0.6 is 11.3 Å². The first kappa shape index (κ1) is 15.8. The van der Waals surface area contributed by atoms with Gasteiger partial charge in [-0.15, -0.1) is 10.2 Å². The van der Waals surface area contributed by atoms with Gasteiger partial charge in [0, 0.05) is 0 Å². The monoisotopic (exact) mass is 319 g/mol. The number of nitrogens with one attached hydrogen (secondary N) is 1. The van der Waals surface area contributed by atoms with Gasteiger partial charge < -0.3 is 5.32 Å². The number of rotatable bonds is 6. The summed E-state index contributed by atoms with van der Waals surface area (Å²) in [6, 6.07) is 8.59. The molecule has 3 nitrogen and oxygen atoms in total. The molecule has 0 aliphatic carbocycles. The fourth-order valence-electron chi connectivity index (χ4n) is 1.78. The van der Waals surface area contributed by atoms with Gasteiger partial charge in [0.15, 0.2) is 5.01 Å². The van der Waals surface area contributed by atoms with Gasteiger partial charge in [0.25, 0.3) is 0 Å². The highest BCUT2D eigenvalue weighted by atomic mass is 32.1. The molecule has 1 aromatic carbocycles. The maximum Gasteiger partial charge on any atom is 0.359 e. The number of hydrogen-bond acceptors (Lipinski definition) is 4. The predicted molar refractivity (Wildman–Crippen MR) is 71.8 cm³/mol. The molecule has 8 heteroatoms. The number of alkyl halides is 4. The zero-order chi connectivity index (χ0) is 15.5. The zero-order valence-corrected chi connectivity index (χ0v) is 11.9. The largest absolute Gasteiger partial charge is 0.359 e. The van der Waals surface area contributed by atoms with Gasteiger partial charge in [0.2, 0.25) is 0 Å². The third kappa shape index (κ3) is 3.38. The zero-order valence-electron chi connectivity index (χ0n) is 11.1. The van der Waals surface area contributed by atoms with E-state index in [2.05, 4.69) is 15.5 Å². The molecule has 1 atom stereocenters. The van der Waals surface area contributed by atoms with Gasteiger partial charge in [0.05, 0.1) is 6.04 Å². The van der Waals surface area contributed by atoms with Gasteiger partial charge in [-0.2, -0.15) is 8.78 Å². The van der Waals surface area contributed by atoms with Crippen LogP contribution in [0.3, 0.4) is 0 Å². The Morgan fingerprint density at radius 2 is 1.86 bits per heavy atom. The van der Waals surface area contributed by atoms with E-state index in [4.69, 9.17) is 0 Å². The summed E-state index contributed by atoms with van der Waals surface area (Å²) in [5.41, 5.74) is 0.808. The minimum absolute atomic E-state index is 0.235. The molecule has 1 heterocycles. The highest BCUT2D eigenvalue weighted by molar-refractivity contribution is 7.11. The molecule has 0 bridgehead atoms. The van der Waals surface area contributed by atoms with Gasteiger partial charge in [0.1, 0.15) is 5.01 Å². The quantitative estimate of drug-likeness (QED) is 0.827. The highest BCUT2D eigenvalue weighted by Crippen LogP contribution is 2.37. The van der Waals surface area contributed by atoms with Crippen LogP contribution in [0.1, 0.15) is 28.5 Å². The summed E-state index contributed by atoms with van der Waals surface area (Å²) in [6.07, 6.45) is -3.80. The SMILES string of the molecule is CCNC(c1ccccc1)c1nnc(C(F)(F)C(F)F)s1. The van der Waals surface area contributed by atoms with Crippen LogP contribution < -0.4 is 5.32 Å². The molecule has 0 fully saturated rings. The lowest BCUT2D eigenvalue weighted by Crippen LogP contribution is -2.23. The first-order valence-electron chi connectivity index (χ1n) is 6.25. The lowest BCUT2D eigenvalue weighted by Gasteiger charge is -2.15. The minimum Gasteiger partial charge on any atom is -0.304 e. The summed E-state index contributed by atoms with van der Waals surface area (Å²) in [5.74, 6) is -4.27. The first-order chi connectivity index (χ1) is 9.96. The van der Waals surface area contributed by atoms with Crippen molar-refractivity contribution in [2.45, 2.75) is 25.3 Å². The van der Waals surface area contributed by atoms with Crippen molar-refractivity contribution in [2.75, 3.05) is 6.54 Å². The van der Waals surface area contributed by atoms with E-state index in [-0.39, 0.29) is 5.01 Å². The van der Waals surface area contributed by atoms with E-state index in [9.17, 15) is 17.6 Å². The lowest BCUT2D eigenvalue weighted by molar-refractivity contribution is -0.135. The highest BCUT2D eigenvalue weighted by Gasteiger charge is 2.46. The average Bonchev–Trinajstić information content (AvgIpc) is 2.95. The molecule has 0 radical (unpaired) electrons. The van der Waals surface area contributed by atoms with Crippen LogP contribution in [0.15, 0.2) is 30.3 Å². The second kappa shape index (κ2) is 6.48. The molecule has 2 aromatic rings. The van der Waals surface area contributed by atoms with Crippen molar-refractivity contribution in [3.8, 4) is 0 Å². The number of benzene rings is 1. The Kier molecular flexibility index (Phi) is 4.89. The Hall–Kier alpha value is -1.54. The number of halogens is 4. The molecule has 0 aliphatic rings. The maximum absolute atomic E-state index is 13.3. The Morgan fingerprint density at radius 3 is 2.43 bits per heavy atom. The van der Waals surface area contributed by atoms with Crippen LogP contribution in [0.25, 0.3) is 0 Å². The molecule has 1 unspecified atom stereocenters. The van der Waals surface area contributed by atoms with E-state index in [1.807, 2.05) is 13.0 Å². The van der Waals surface area contributed by atoms with Gasteiger partial charge in [-0.25, -0.2) is 8.78 Å². The molecule has 0 spiro atoms. The normalized spacial score (nSPS) is 13.6. The fraction of sp³-hybridized carbons (Fsp3) is 0.385. The van der Waals surface area contributed by atoms with Crippen LogP contribution in [-0.2, 0) is 5.92 Å². The molecule has 0 saturated carbocycles. The van der Waals surface area contributed by atoms with Crippen LogP contribution in [0.2, 0.25) is 0 Å². The first-order valence-corrected chi connectivity index (χ1v) is 7.06. The predicted octanol–water partition coefficient (Wildman–Crippen LogP) is 3.59. The van der Waals surface area contributed by atoms with Crippen molar-refractivity contribution in [3.63, 3.8) is 0 Å². The molecule has 2 rings (SSSR count). The van der Waals surface area contributed by atoms with Gasteiger partial charge >= 0.3 is 12.3 Å². The Bertz CT molecular complexity index is 574. The van der Waals surface area contributed by atoms with Gasteiger partial charge in [-0.1, -0.05) is 48.6 Å². The van der Waals surface area contributed by atoms with Gasteiger partial charge in [-0.3, -0.25) is 0 Å². The van der Waals surface area contributed by atoms with E-state index in [1.165, 1.54) is 0 Å². The third-order valence-electron chi connectivity index (χ3n) is 2.79. The third-order valence-corrected chi connectivity index (χ3v) is 3.86. The van der Waals surface area contributed by atoms with E-state index in [1.54, 1.807) is 24.3 Å². The van der Waals surface area contributed by atoms with E-state index < -0.39 is 23.4 Å². The molecule has 0 saturated heterocycles. The summed E-state index contributed by atoms with van der Waals surface area (Å²) < 4.78 is 51.3. The van der Waals surface area contributed by atoms with Crippen LogP contribution in [-0.4, -0.2) is 23.2 Å². The van der Waals surface area contributed by atoms with E-state index in [0.29, 0.717) is 17.9 Å². The van der Waals surface area contributed by atoms with Crippen molar-refractivity contribution in [2.24, 2.45) is 0 Å². The number of hydrogen-bond donors (Lipinski definition) is 1. The Balaban J connectivity index is 2.33. The Morgan fingerprint density at radius 1 is 1.19 bits per heavy atom. The number of nitrogens with zero attached hydrogens (tertiary/aromatic N) is 2. The smallest absolute Gasteiger partial charge is 0.304 e. The van der Waals surface area contributed by atoms with Crippen molar-refractivity contribution in [3.05, 3.63) is 45.9 Å². The summed E-state index contributed by atoms with van der Waals surface area (Å²) >= 11 is 0.496. The molecule has 0 amide bonds. The van der Waals surface area contributed by atoms with Crippen molar-refractivity contribution in [1.29, 1.82) is 0 Å². The Labute approximate surface area is 123 Å². The standard InChI is InChI=1S/C13H13F4N3S/c1-2-18-9(8-6-4-3-5-7-8)10-19-20-12(21-10)13(16,17)11(14)15/h3-7,9,11,18H,2H2,1H3. The average molecular weight is 319 g/mol. The molecule has 21 heavy (non-hydrogen) atoms. The van der Waals surface area contributed by atoms with Gasteiger partial charge in [-0.05, 0) is 12.1 Å². The molecule has 0 aliphatic heterocycles. The topological polar surface area (TPSA) is 37.8 Å². The van der Waals surface area contributed by atoms with Crippen LogP contribution in [0.4, 0.5) is 17.6 Å². The summed E-state index contributed by atoms with van der Waals surface area (Å²) in [6.45, 7) is 2.42. The minimum atomic E-state index is -4.27. The lowest BCUT2D eigenvalue weighted by atomic mass is 10.1. The van der Waals surface area contributed by atoms with Crippen LogP contribution in [0, 0.1) is 0 Å². The maximum atomic E-state index is 13.3. The molecular formula is C13H13F4N3S. The van der Waals surface area contributed by atoms with E-state index in [0.717, 1.165) is 5.56 Å². The summed E-state index contributed by atoms with van der Waals surface area (Å²) in [4.78, 5) is 0. The van der Waals surface area contributed by atoms with Crippen molar-refractivity contribution < 1.29 is 17.6 Å². The molecule has 1 N–H and O–H groups in total. The second-order valence-corrected chi connectivity index (χ2v) is 5.28. The summed E-state index contributed by atoms with van der Waals surface area (Å²) in [5, 5.41) is 9.24. The summed E-state index contributed by atoms with van der Waals surface area (Å²) in [7, 11) is 0. The van der Waals surface area contributed by atoms with Crippen LogP contribution in [0.5, 0.6) is 0 Å². The van der Waals surface area contributed by atoms with Crippen molar-refractivity contribution in [1.82, 2.24) is 15.5 Å².